The predicted molar refractivity (Wildman–Crippen MR) is 103 cm³/mol. The lowest BCUT2D eigenvalue weighted by atomic mass is 10.2. The maximum atomic E-state index is 12.6. The Balaban J connectivity index is 1.57. The maximum Gasteiger partial charge on any atom is 0.410 e. The van der Waals surface area contributed by atoms with Crippen molar-refractivity contribution >= 4 is 23.7 Å². The summed E-state index contributed by atoms with van der Waals surface area (Å²) in [5, 5.41) is 2.79. The van der Waals surface area contributed by atoms with Gasteiger partial charge in [-0.3, -0.25) is 9.69 Å². The summed E-state index contributed by atoms with van der Waals surface area (Å²) < 4.78 is 10.0. The Kier molecular flexibility index (Phi) is 6.26. The molecule has 28 heavy (non-hydrogen) atoms. The quantitative estimate of drug-likeness (QED) is 0.803. The van der Waals surface area contributed by atoms with Crippen LogP contribution in [-0.4, -0.2) is 42.6 Å². The van der Waals surface area contributed by atoms with Gasteiger partial charge in [0.05, 0.1) is 12.7 Å². The van der Waals surface area contributed by atoms with Gasteiger partial charge in [0, 0.05) is 12.2 Å². The van der Waals surface area contributed by atoms with Crippen molar-refractivity contribution in [3.8, 4) is 0 Å². The minimum atomic E-state index is -0.580. The molecule has 1 heterocycles. The molecule has 0 saturated carbocycles. The number of rotatable bonds is 5. The molecule has 1 aliphatic rings. The second kappa shape index (κ2) is 9.03. The Labute approximate surface area is 163 Å². The fourth-order valence-electron chi connectivity index (χ4n) is 3.09. The summed E-state index contributed by atoms with van der Waals surface area (Å²) in [5.74, 6) is -0.721. The minimum absolute atomic E-state index is 0.166. The monoisotopic (exact) mass is 382 g/mol. The molecule has 1 fully saturated rings. The number of hydrogen-bond acceptors (Lipinski definition) is 5. The number of hydrogen-bond donors (Lipinski definition) is 1. The fraction of sp³-hybridized carbons (Fsp3) is 0.286. The van der Waals surface area contributed by atoms with Gasteiger partial charge in [0.25, 0.3) is 0 Å². The lowest BCUT2D eigenvalue weighted by Crippen LogP contribution is -2.43. The standard InChI is InChI=1S/C21H22N2O5/c1-27-20(25)16-9-11-17(12-10-16)22-19(24)18-8-5-13-23(18)21(26)28-14-15-6-3-2-4-7-15/h2-4,6-7,9-12,18H,5,8,13-14H2,1H3,(H,22,24)/t18-/m1/s1. The first kappa shape index (κ1) is 19.4. The van der Waals surface area contributed by atoms with Crippen molar-refractivity contribution < 1.29 is 23.9 Å². The molecule has 1 N–H and O–H groups in total. The first-order valence-corrected chi connectivity index (χ1v) is 9.05. The van der Waals surface area contributed by atoms with E-state index in [2.05, 4.69) is 10.1 Å². The molecule has 2 amide bonds. The van der Waals surface area contributed by atoms with Crippen LogP contribution in [0.25, 0.3) is 0 Å². The number of nitrogens with zero attached hydrogens (tertiary/aromatic N) is 1. The van der Waals surface area contributed by atoms with Crippen LogP contribution in [0.4, 0.5) is 10.5 Å². The number of nitrogens with one attached hydrogen (secondary N) is 1. The van der Waals surface area contributed by atoms with Crippen LogP contribution in [-0.2, 0) is 20.9 Å². The van der Waals surface area contributed by atoms with E-state index >= 15 is 0 Å². The fourth-order valence-corrected chi connectivity index (χ4v) is 3.09. The van der Waals surface area contributed by atoms with Gasteiger partial charge in [0.15, 0.2) is 0 Å². The Hall–Kier alpha value is -3.35. The zero-order valence-corrected chi connectivity index (χ0v) is 15.6. The van der Waals surface area contributed by atoms with E-state index in [0.717, 1.165) is 12.0 Å². The van der Waals surface area contributed by atoms with Crippen LogP contribution in [0.1, 0.15) is 28.8 Å². The molecule has 7 nitrogen and oxygen atoms in total. The number of amides is 2. The van der Waals surface area contributed by atoms with Crippen molar-refractivity contribution in [3.05, 3.63) is 65.7 Å². The van der Waals surface area contributed by atoms with Crippen molar-refractivity contribution in [3.63, 3.8) is 0 Å². The topological polar surface area (TPSA) is 84.9 Å². The molecule has 0 aliphatic carbocycles. The summed E-state index contributed by atoms with van der Waals surface area (Å²) in [6.07, 6.45) is 0.814. The van der Waals surface area contributed by atoms with Crippen LogP contribution in [0, 0.1) is 0 Å². The van der Waals surface area contributed by atoms with Crippen molar-refractivity contribution in [1.82, 2.24) is 4.90 Å². The molecule has 1 atom stereocenters. The summed E-state index contributed by atoms with van der Waals surface area (Å²) >= 11 is 0. The number of benzene rings is 2. The van der Waals surface area contributed by atoms with Crippen molar-refractivity contribution in [2.24, 2.45) is 0 Å². The Morgan fingerprint density at radius 1 is 1.07 bits per heavy atom. The largest absolute Gasteiger partial charge is 0.465 e. The molecule has 2 aromatic carbocycles. The second-order valence-electron chi connectivity index (χ2n) is 6.45. The van der Waals surface area contributed by atoms with Crippen LogP contribution >= 0.6 is 0 Å². The smallest absolute Gasteiger partial charge is 0.410 e. The van der Waals surface area contributed by atoms with Crippen LogP contribution in [0.2, 0.25) is 0 Å². The van der Waals surface area contributed by atoms with E-state index in [1.807, 2.05) is 30.3 Å². The van der Waals surface area contributed by atoms with E-state index < -0.39 is 18.1 Å². The van der Waals surface area contributed by atoms with Crippen LogP contribution in [0.5, 0.6) is 0 Å². The molecule has 0 bridgehead atoms. The molecule has 0 aromatic heterocycles. The highest BCUT2D eigenvalue weighted by Gasteiger charge is 2.35. The third-order valence-corrected chi connectivity index (χ3v) is 4.57. The lowest BCUT2D eigenvalue weighted by Gasteiger charge is -2.23. The molecule has 2 aromatic rings. The van der Waals surface area contributed by atoms with Gasteiger partial charge in [0.1, 0.15) is 12.6 Å². The highest BCUT2D eigenvalue weighted by atomic mass is 16.6. The van der Waals surface area contributed by atoms with E-state index in [9.17, 15) is 14.4 Å². The molecule has 0 radical (unpaired) electrons. The van der Waals surface area contributed by atoms with Gasteiger partial charge in [-0.25, -0.2) is 9.59 Å². The molecule has 1 saturated heterocycles. The summed E-state index contributed by atoms with van der Waals surface area (Å²) in [5.41, 5.74) is 1.83. The minimum Gasteiger partial charge on any atom is -0.465 e. The Bertz CT molecular complexity index is 836. The maximum absolute atomic E-state index is 12.6. The zero-order valence-electron chi connectivity index (χ0n) is 15.6. The van der Waals surface area contributed by atoms with Gasteiger partial charge < -0.3 is 14.8 Å². The third kappa shape index (κ3) is 4.68. The zero-order chi connectivity index (χ0) is 19.9. The second-order valence-corrected chi connectivity index (χ2v) is 6.45. The van der Waals surface area contributed by atoms with Crippen molar-refractivity contribution in [2.45, 2.75) is 25.5 Å². The number of ether oxygens (including phenoxy) is 2. The third-order valence-electron chi connectivity index (χ3n) is 4.57. The number of esters is 1. The Morgan fingerprint density at radius 2 is 1.79 bits per heavy atom. The first-order valence-electron chi connectivity index (χ1n) is 9.05. The van der Waals surface area contributed by atoms with Gasteiger partial charge in [-0.05, 0) is 42.7 Å². The highest BCUT2D eigenvalue weighted by molar-refractivity contribution is 5.97. The number of carbonyl (C=O) groups is 3. The lowest BCUT2D eigenvalue weighted by molar-refractivity contribution is -0.120. The van der Waals surface area contributed by atoms with Crippen molar-refractivity contribution in [1.29, 1.82) is 0 Å². The van der Waals surface area contributed by atoms with E-state index in [1.54, 1.807) is 24.3 Å². The summed E-state index contributed by atoms with van der Waals surface area (Å²) in [7, 11) is 1.31. The van der Waals surface area contributed by atoms with Crippen molar-refractivity contribution in [2.75, 3.05) is 19.0 Å². The first-order chi connectivity index (χ1) is 13.6. The SMILES string of the molecule is COC(=O)c1ccc(NC(=O)[C@H]2CCCN2C(=O)OCc2ccccc2)cc1. The Morgan fingerprint density at radius 3 is 2.46 bits per heavy atom. The number of anilines is 1. The summed E-state index contributed by atoms with van der Waals surface area (Å²) in [4.78, 5) is 38.0. The van der Waals surface area contributed by atoms with E-state index in [1.165, 1.54) is 12.0 Å². The molecule has 0 unspecified atom stereocenters. The number of carbonyl (C=O) groups excluding carboxylic acids is 3. The molecular formula is C21H22N2O5. The average molecular weight is 382 g/mol. The van der Waals surface area contributed by atoms with Gasteiger partial charge in [-0.1, -0.05) is 30.3 Å². The molecule has 7 heteroatoms. The molecule has 1 aliphatic heterocycles. The number of methoxy groups -OCH3 is 1. The molecule has 146 valence electrons. The highest BCUT2D eigenvalue weighted by Crippen LogP contribution is 2.21. The van der Waals surface area contributed by atoms with Crippen LogP contribution in [0.3, 0.4) is 0 Å². The molecule has 0 spiro atoms. The van der Waals surface area contributed by atoms with Crippen LogP contribution < -0.4 is 5.32 Å². The van der Waals surface area contributed by atoms with E-state index in [0.29, 0.717) is 24.2 Å². The van der Waals surface area contributed by atoms with E-state index in [4.69, 9.17) is 4.74 Å². The van der Waals surface area contributed by atoms with Gasteiger partial charge >= 0.3 is 12.1 Å². The van der Waals surface area contributed by atoms with Crippen LogP contribution in [0.15, 0.2) is 54.6 Å². The van der Waals surface area contributed by atoms with Gasteiger partial charge in [-0.2, -0.15) is 0 Å². The van der Waals surface area contributed by atoms with E-state index in [-0.39, 0.29) is 12.5 Å². The van der Waals surface area contributed by atoms with Gasteiger partial charge in [0.2, 0.25) is 5.91 Å². The number of likely N-dealkylation sites (tertiary alicyclic amines) is 1. The molecular weight excluding hydrogens is 360 g/mol. The average Bonchev–Trinajstić information content (AvgIpc) is 3.23. The van der Waals surface area contributed by atoms with Gasteiger partial charge in [-0.15, -0.1) is 0 Å². The molecule has 3 rings (SSSR count). The predicted octanol–water partition coefficient (Wildman–Crippen LogP) is 3.21. The summed E-state index contributed by atoms with van der Waals surface area (Å²) in [6.45, 7) is 0.645. The normalized spacial score (nSPS) is 15.8. The summed E-state index contributed by atoms with van der Waals surface area (Å²) in [6, 6.07) is 15.2.